The first-order chi connectivity index (χ1) is 12.4. The summed E-state index contributed by atoms with van der Waals surface area (Å²) in [6.45, 7) is 4.18. The average molecular weight is 378 g/mol. The Labute approximate surface area is 151 Å². The van der Waals surface area contributed by atoms with Crippen LogP contribution in [0.1, 0.15) is 5.56 Å². The van der Waals surface area contributed by atoms with Gasteiger partial charge in [-0.05, 0) is 42.8 Å². The molecular weight excluding hydrogens is 359 g/mol. The molecule has 26 heavy (non-hydrogen) atoms. The van der Waals surface area contributed by atoms with E-state index in [9.17, 15) is 17.6 Å². The van der Waals surface area contributed by atoms with Crippen molar-refractivity contribution in [3.63, 3.8) is 0 Å². The summed E-state index contributed by atoms with van der Waals surface area (Å²) in [5.41, 5.74) is 1.11. The van der Waals surface area contributed by atoms with E-state index in [1.807, 2.05) is 0 Å². The number of aromatic nitrogens is 1. The van der Waals surface area contributed by atoms with E-state index in [1.165, 1.54) is 19.1 Å². The van der Waals surface area contributed by atoms with Crippen molar-refractivity contribution in [2.75, 3.05) is 35.8 Å². The molecule has 0 radical (unpaired) electrons. The van der Waals surface area contributed by atoms with Crippen LogP contribution in [0.4, 0.5) is 15.9 Å². The third kappa shape index (κ3) is 3.93. The van der Waals surface area contributed by atoms with E-state index >= 15 is 0 Å². The van der Waals surface area contributed by atoms with Crippen molar-refractivity contribution in [3.8, 4) is 0 Å². The molecule has 3 rings (SSSR count). The van der Waals surface area contributed by atoms with E-state index in [0.29, 0.717) is 26.2 Å². The van der Waals surface area contributed by atoms with Crippen molar-refractivity contribution in [1.82, 2.24) is 9.88 Å². The average Bonchev–Trinajstić information content (AvgIpc) is 2.64. The van der Waals surface area contributed by atoms with E-state index in [2.05, 4.69) is 14.6 Å². The number of carbonyl (C=O) groups excluding carboxylic acids is 1. The second-order valence-corrected chi connectivity index (χ2v) is 7.73. The Morgan fingerprint density at radius 3 is 2.46 bits per heavy atom. The number of halogens is 1. The number of aryl methyl sites for hydroxylation is 1. The zero-order chi connectivity index (χ0) is 18.7. The van der Waals surface area contributed by atoms with Gasteiger partial charge in [0.1, 0.15) is 11.6 Å². The molecule has 1 amide bonds. The maximum absolute atomic E-state index is 13.3. The second kappa shape index (κ2) is 7.28. The topological polar surface area (TPSA) is 82.6 Å². The number of hydrogen-bond acceptors (Lipinski definition) is 5. The normalized spacial score (nSPS) is 15.0. The smallest absolute Gasteiger partial charge is 0.263 e. The van der Waals surface area contributed by atoms with Gasteiger partial charge in [-0.2, -0.15) is 0 Å². The molecule has 7 nitrogen and oxygen atoms in total. The van der Waals surface area contributed by atoms with E-state index in [-0.39, 0.29) is 16.3 Å². The Hall–Kier alpha value is -2.68. The predicted molar refractivity (Wildman–Crippen MR) is 96.0 cm³/mol. The van der Waals surface area contributed by atoms with Crippen molar-refractivity contribution in [1.29, 1.82) is 0 Å². The lowest BCUT2D eigenvalue weighted by Gasteiger charge is -2.33. The number of carbonyl (C=O) groups is 1. The van der Waals surface area contributed by atoms with Gasteiger partial charge in [0.2, 0.25) is 6.41 Å². The van der Waals surface area contributed by atoms with Crippen LogP contribution in [0.25, 0.3) is 0 Å². The van der Waals surface area contributed by atoms with Crippen LogP contribution in [0.2, 0.25) is 0 Å². The molecule has 0 unspecified atom stereocenters. The molecule has 2 heterocycles. The first-order valence-corrected chi connectivity index (χ1v) is 9.57. The van der Waals surface area contributed by atoms with E-state index in [4.69, 9.17) is 0 Å². The molecule has 0 atom stereocenters. The number of piperazine rings is 1. The first-order valence-electron chi connectivity index (χ1n) is 8.08. The molecule has 1 aliphatic rings. The van der Waals surface area contributed by atoms with Gasteiger partial charge < -0.3 is 9.80 Å². The third-order valence-electron chi connectivity index (χ3n) is 4.25. The largest absolute Gasteiger partial charge is 0.367 e. The Kier molecular flexibility index (Phi) is 5.08. The molecule has 1 aliphatic heterocycles. The minimum Gasteiger partial charge on any atom is -0.367 e. The molecule has 1 aromatic carbocycles. The van der Waals surface area contributed by atoms with Gasteiger partial charge in [0, 0.05) is 26.2 Å². The molecular formula is C17H19FN4O3S. The zero-order valence-corrected chi connectivity index (χ0v) is 15.0. The first kappa shape index (κ1) is 18.1. The predicted octanol–water partition coefficient (Wildman–Crippen LogP) is 1.61. The number of anilines is 2. The van der Waals surface area contributed by atoms with Gasteiger partial charge in [-0.3, -0.25) is 9.52 Å². The number of pyridine rings is 1. The highest BCUT2D eigenvalue weighted by Crippen LogP contribution is 2.20. The molecule has 0 bridgehead atoms. The zero-order valence-electron chi connectivity index (χ0n) is 14.2. The van der Waals surface area contributed by atoms with Crippen molar-refractivity contribution < 1.29 is 17.6 Å². The van der Waals surface area contributed by atoms with E-state index in [1.54, 1.807) is 23.2 Å². The van der Waals surface area contributed by atoms with Crippen molar-refractivity contribution in [2.45, 2.75) is 11.8 Å². The van der Waals surface area contributed by atoms with Gasteiger partial charge >= 0.3 is 0 Å². The molecule has 2 aromatic rings. The van der Waals surface area contributed by atoms with Crippen LogP contribution >= 0.6 is 0 Å². The number of sulfonamides is 1. The number of nitrogens with zero attached hydrogens (tertiary/aromatic N) is 3. The molecule has 1 aromatic heterocycles. The fraction of sp³-hybridized carbons (Fsp3) is 0.294. The standard InChI is InChI=1S/C17H19FN4O3S/c1-13-10-15(3-4-16(13)18)26(24,25)20-17-5-2-14(11-19-17)22-8-6-21(12-23)7-9-22/h2-5,10-12H,6-9H2,1H3,(H,19,20). The Morgan fingerprint density at radius 2 is 1.88 bits per heavy atom. The Bertz CT molecular complexity index is 895. The fourth-order valence-electron chi connectivity index (χ4n) is 2.70. The summed E-state index contributed by atoms with van der Waals surface area (Å²) in [6, 6.07) is 6.97. The lowest BCUT2D eigenvalue weighted by Crippen LogP contribution is -2.45. The van der Waals surface area contributed by atoms with Gasteiger partial charge in [0.15, 0.2) is 0 Å². The summed E-state index contributed by atoms with van der Waals surface area (Å²) in [4.78, 5) is 18.7. The Balaban J connectivity index is 1.70. The summed E-state index contributed by atoms with van der Waals surface area (Å²) < 4.78 is 40.5. The summed E-state index contributed by atoms with van der Waals surface area (Å²) in [5, 5.41) is 0. The molecule has 0 saturated carbocycles. The summed E-state index contributed by atoms with van der Waals surface area (Å²) in [7, 11) is -3.84. The molecule has 138 valence electrons. The Morgan fingerprint density at radius 1 is 1.15 bits per heavy atom. The van der Waals surface area contributed by atoms with Crippen LogP contribution in [-0.4, -0.2) is 50.9 Å². The van der Waals surface area contributed by atoms with Crippen LogP contribution < -0.4 is 9.62 Å². The molecule has 9 heteroatoms. The van der Waals surface area contributed by atoms with Crippen molar-refractivity contribution in [2.24, 2.45) is 0 Å². The monoisotopic (exact) mass is 378 g/mol. The van der Waals surface area contributed by atoms with Gasteiger partial charge in [-0.25, -0.2) is 17.8 Å². The van der Waals surface area contributed by atoms with Crippen LogP contribution in [-0.2, 0) is 14.8 Å². The maximum atomic E-state index is 13.3. The van der Waals surface area contributed by atoms with Gasteiger partial charge in [-0.1, -0.05) is 0 Å². The van der Waals surface area contributed by atoms with Gasteiger partial charge in [0.25, 0.3) is 10.0 Å². The molecule has 1 saturated heterocycles. The second-order valence-electron chi connectivity index (χ2n) is 6.05. The maximum Gasteiger partial charge on any atom is 0.263 e. The minimum absolute atomic E-state index is 0.0211. The van der Waals surface area contributed by atoms with Crippen LogP contribution in [0, 0.1) is 12.7 Å². The number of hydrogen-bond donors (Lipinski definition) is 1. The highest BCUT2D eigenvalue weighted by Gasteiger charge is 2.18. The van der Waals surface area contributed by atoms with Crippen LogP contribution in [0.15, 0.2) is 41.4 Å². The van der Waals surface area contributed by atoms with Crippen LogP contribution in [0.5, 0.6) is 0 Å². The number of rotatable bonds is 5. The SMILES string of the molecule is Cc1cc(S(=O)(=O)Nc2ccc(N3CCN(C=O)CC3)cn2)ccc1F. The minimum atomic E-state index is -3.84. The summed E-state index contributed by atoms with van der Waals surface area (Å²) in [5.74, 6) is -0.275. The summed E-state index contributed by atoms with van der Waals surface area (Å²) >= 11 is 0. The van der Waals surface area contributed by atoms with Gasteiger partial charge in [0.05, 0.1) is 16.8 Å². The molecule has 1 N–H and O–H groups in total. The van der Waals surface area contributed by atoms with Gasteiger partial charge in [-0.15, -0.1) is 0 Å². The third-order valence-corrected chi connectivity index (χ3v) is 5.61. The molecule has 0 aliphatic carbocycles. The van der Waals surface area contributed by atoms with Crippen molar-refractivity contribution >= 4 is 27.9 Å². The lowest BCUT2D eigenvalue weighted by molar-refractivity contribution is -0.118. The van der Waals surface area contributed by atoms with E-state index in [0.717, 1.165) is 18.2 Å². The molecule has 0 spiro atoms. The highest BCUT2D eigenvalue weighted by atomic mass is 32.2. The summed E-state index contributed by atoms with van der Waals surface area (Å²) in [6.07, 6.45) is 2.43. The number of nitrogens with one attached hydrogen (secondary N) is 1. The fourth-order valence-corrected chi connectivity index (χ4v) is 3.79. The van der Waals surface area contributed by atoms with Crippen LogP contribution in [0.3, 0.4) is 0 Å². The highest BCUT2D eigenvalue weighted by molar-refractivity contribution is 7.92. The number of amides is 1. The quantitative estimate of drug-likeness (QED) is 0.800. The number of benzene rings is 1. The lowest BCUT2D eigenvalue weighted by atomic mass is 10.2. The van der Waals surface area contributed by atoms with Crippen molar-refractivity contribution in [3.05, 3.63) is 47.9 Å². The molecule has 1 fully saturated rings. The van der Waals surface area contributed by atoms with E-state index < -0.39 is 15.8 Å².